The second-order valence-corrected chi connectivity index (χ2v) is 22.7. The predicted molar refractivity (Wildman–Crippen MR) is 295 cm³/mol. The minimum atomic E-state index is -5.09. The van der Waals surface area contributed by atoms with E-state index in [-0.39, 0.29) is 81.3 Å². The predicted octanol–water partition coefficient (Wildman–Crippen LogP) is 3.08. The Morgan fingerprint density at radius 3 is 2.27 bits per heavy atom. The molecule has 2 aliphatic heterocycles. The Kier molecular flexibility index (Phi) is 23.4. The van der Waals surface area contributed by atoms with Gasteiger partial charge in [0.1, 0.15) is 54.0 Å². The summed E-state index contributed by atoms with van der Waals surface area (Å²) in [6.07, 6.45) is 3.30. The van der Waals surface area contributed by atoms with Gasteiger partial charge in [0.2, 0.25) is 47.1 Å². The number of nitrogens with one attached hydrogen (secondary N) is 8. The van der Waals surface area contributed by atoms with Crippen LogP contribution in [0.4, 0.5) is 0 Å². The number of aromatic amines is 1. The minimum Gasteiger partial charge on any atom is -0.508 e. The van der Waals surface area contributed by atoms with E-state index in [9.17, 15) is 61.2 Å². The highest BCUT2D eigenvalue weighted by Crippen LogP contribution is 2.31. The Morgan fingerprint density at radius 2 is 1.61 bits per heavy atom. The van der Waals surface area contributed by atoms with E-state index in [0.717, 1.165) is 6.08 Å². The number of hydrogen-bond donors (Lipinski definition) is 10. The van der Waals surface area contributed by atoms with Gasteiger partial charge in [-0.2, -0.15) is 8.42 Å². The number of phenolic OH excluding ortho intramolecular Hbond substituents is 1. The van der Waals surface area contributed by atoms with Crippen molar-refractivity contribution < 1.29 is 69.8 Å². The summed E-state index contributed by atoms with van der Waals surface area (Å²) in [6, 6.07) is -4.06. The second kappa shape index (κ2) is 29.1. The molecule has 0 radical (unpaired) electrons. The number of amides is 8. The van der Waals surface area contributed by atoms with Crippen molar-refractivity contribution in [1.82, 2.24) is 52.1 Å². The molecule has 8 amide bonds. The van der Waals surface area contributed by atoms with Crippen LogP contribution in [0.5, 0.6) is 5.75 Å². The molecule has 1 aromatic carbocycles. The topological polar surface area (TPSA) is 367 Å². The number of ketones is 1. The highest BCUT2D eigenvalue weighted by molar-refractivity contribution is 9.10. The Bertz CT molecular complexity index is 2890. The van der Waals surface area contributed by atoms with Gasteiger partial charge in [0.25, 0.3) is 11.8 Å². The molecule has 80 heavy (non-hydrogen) atoms. The lowest BCUT2D eigenvalue weighted by atomic mass is 9.95. The molecule has 4 heterocycles. The molecule has 0 aliphatic carbocycles. The number of carbonyl (C=O) groups excluding carboxylic acids is 9. The van der Waals surface area contributed by atoms with Crippen LogP contribution in [-0.2, 0) is 64.2 Å². The first-order chi connectivity index (χ1) is 37.7. The smallest absolute Gasteiger partial charge is 0.398 e. The van der Waals surface area contributed by atoms with Gasteiger partial charge in [-0.05, 0) is 109 Å². The van der Waals surface area contributed by atoms with Gasteiger partial charge < -0.3 is 56.6 Å². The Labute approximate surface area is 473 Å². The molecular formula is C53H75BrN10O15S. The number of oxazole rings is 1. The quantitative estimate of drug-likeness (QED) is 0.0646. The zero-order valence-electron chi connectivity index (χ0n) is 46.2. The number of H-pyrrole nitrogens is 1. The normalized spacial score (nSPS) is 22.6. The van der Waals surface area contributed by atoms with E-state index in [1.54, 1.807) is 47.6 Å². The van der Waals surface area contributed by atoms with Gasteiger partial charge in [0, 0.05) is 36.5 Å². The molecule has 2 aliphatic rings. The lowest BCUT2D eigenvalue weighted by Crippen LogP contribution is -2.60. The van der Waals surface area contributed by atoms with Crippen molar-refractivity contribution in [3.05, 3.63) is 52.3 Å². The summed E-state index contributed by atoms with van der Waals surface area (Å²) >= 11 is 3.50. The van der Waals surface area contributed by atoms with Crippen LogP contribution in [0.1, 0.15) is 136 Å². The molecule has 0 saturated carbocycles. The van der Waals surface area contributed by atoms with Gasteiger partial charge in [-0.25, -0.2) is 9.17 Å². The number of aromatic hydroxyl groups is 1. The molecule has 2 unspecified atom stereocenters. The lowest BCUT2D eigenvalue weighted by Gasteiger charge is -2.31. The lowest BCUT2D eigenvalue weighted by molar-refractivity contribution is -0.144. The largest absolute Gasteiger partial charge is 0.508 e. The van der Waals surface area contributed by atoms with Gasteiger partial charge in [-0.15, -0.1) is 0 Å². The summed E-state index contributed by atoms with van der Waals surface area (Å²) in [5, 5.41) is 29.7. The molecule has 0 spiro atoms. The van der Waals surface area contributed by atoms with Crippen LogP contribution < -0.4 is 37.2 Å². The maximum Gasteiger partial charge on any atom is 0.398 e. The number of benzene rings is 1. The van der Waals surface area contributed by atoms with Gasteiger partial charge in [-0.1, -0.05) is 67.7 Å². The fourth-order valence-corrected chi connectivity index (χ4v) is 10.5. The number of Topliss-reactive ketones (excluding diaryl/α,β-unsaturated/α-hetero) is 1. The molecule has 1 saturated heterocycles. The first-order valence-electron chi connectivity index (χ1n) is 27.0. The number of nitrogens with zero attached hydrogens (tertiary/aromatic N) is 2. The van der Waals surface area contributed by atoms with E-state index in [4.69, 9.17) is 8.60 Å². The van der Waals surface area contributed by atoms with Gasteiger partial charge >= 0.3 is 10.4 Å². The van der Waals surface area contributed by atoms with E-state index in [1.807, 2.05) is 0 Å². The average Bonchev–Trinajstić information content (AvgIpc) is 4.17. The number of hydrogen-bond acceptors (Lipinski definition) is 15. The van der Waals surface area contributed by atoms with Crippen molar-refractivity contribution in [2.24, 2.45) is 17.8 Å². The highest BCUT2D eigenvalue weighted by Gasteiger charge is 2.41. The number of fused-ring (bicyclic) bond motifs is 4. The van der Waals surface area contributed by atoms with Crippen LogP contribution in [0.2, 0.25) is 0 Å². The first kappa shape index (κ1) is 64.1. The van der Waals surface area contributed by atoms with Gasteiger partial charge in [-0.3, -0.25) is 47.7 Å². The molecule has 27 heteroatoms. The summed E-state index contributed by atoms with van der Waals surface area (Å²) < 4.78 is 43.7. The third-order valence-corrected chi connectivity index (χ3v) is 15.3. The number of aromatic nitrogens is 2. The monoisotopic (exact) mass is 1200 g/mol. The summed E-state index contributed by atoms with van der Waals surface area (Å²) in [4.78, 5) is 135. The van der Waals surface area contributed by atoms with E-state index >= 15 is 0 Å². The number of carbonyl (C=O) groups is 9. The molecule has 10 atom stereocenters. The Balaban J connectivity index is 1.48. The van der Waals surface area contributed by atoms with Crippen LogP contribution in [0.25, 0.3) is 17.0 Å². The zero-order chi connectivity index (χ0) is 59.2. The van der Waals surface area contributed by atoms with E-state index in [0.29, 0.717) is 40.3 Å². The van der Waals surface area contributed by atoms with Crippen molar-refractivity contribution in [2.75, 3.05) is 13.1 Å². The van der Waals surface area contributed by atoms with Crippen LogP contribution in [0, 0.1) is 17.8 Å². The molecule has 440 valence electrons. The van der Waals surface area contributed by atoms with Crippen molar-refractivity contribution >= 4 is 96.3 Å². The van der Waals surface area contributed by atoms with Crippen molar-refractivity contribution in [3.63, 3.8) is 0 Å². The van der Waals surface area contributed by atoms with E-state index in [1.165, 1.54) is 43.2 Å². The standard InChI is InChI=1S/C53H75BrN10O15S/c1-9-14-36(60-49(71)42(28(6)10-2)63-51(73)44(29(7)11-3)79-80(75,76)77)47(69)61-37-15-12-21-55-46(68)39(25-34-33-24-32(65)18-19-35(33)59-45(34)54)58-41(66)20-17-31-26-78-52(57-31)30(8)56-50(72)43(67)38(23-27(4)5)62-48(70)40-16-13-22-64(40)53(37)74/h17-20,24,26-30,36-40,42,44,59,65H,9-16,21-23,25H2,1-8H3,(H,55,68)(H,56,72)(H,58,66)(H,60,71)(H,61,69)(H,62,70)(H,63,73)(H,75,76,77)/b20-17+/t28?,29-,30-,36-,37-,38-,39-,40-,42-,44?/m0/s1. The number of halogens is 1. The molecule has 2 aromatic heterocycles. The highest BCUT2D eigenvalue weighted by atomic mass is 79.9. The maximum absolute atomic E-state index is 14.9. The summed E-state index contributed by atoms with van der Waals surface area (Å²) in [6.45, 7) is 13.4. The SMILES string of the molecule is CCC[C@H](NC(=O)[C@@H](NC(=O)C(OS(=O)(=O)O)[C@@H](C)CC)C(C)CC)C(=O)N[C@H]1CCCNC(=O)[C@H](Cc2c(Br)[nH]c3ccc(O)cc23)NC(=O)/C=C/c2coc(n2)[C@H](C)NC(=O)C(=O)[C@H](CC(C)C)NC(=O)[C@@H]2CCCN2C1=O. The Hall–Kier alpha value is -6.71. The molecule has 3 aromatic rings. The van der Waals surface area contributed by atoms with Crippen LogP contribution in [-0.4, -0.2) is 141 Å². The van der Waals surface area contributed by atoms with Crippen molar-refractivity contribution in [3.8, 4) is 5.75 Å². The fourth-order valence-electron chi connectivity index (χ4n) is 9.40. The molecule has 10 N–H and O–H groups in total. The van der Waals surface area contributed by atoms with Gasteiger partial charge in [0.05, 0.1) is 10.6 Å². The number of rotatable bonds is 18. The average molecular weight is 1200 g/mol. The summed E-state index contributed by atoms with van der Waals surface area (Å²) in [5.74, 6) is -8.96. The fraction of sp³-hybridized carbons (Fsp3) is 0.585. The summed E-state index contributed by atoms with van der Waals surface area (Å²) in [5.41, 5.74) is 1.34. The second-order valence-electron chi connectivity index (χ2n) is 20.8. The third kappa shape index (κ3) is 17.6. The van der Waals surface area contributed by atoms with E-state index < -0.39 is 124 Å². The molecule has 5 rings (SSSR count). The first-order valence-corrected chi connectivity index (χ1v) is 29.1. The third-order valence-electron chi connectivity index (χ3n) is 14.2. The van der Waals surface area contributed by atoms with Gasteiger partial charge in [0.15, 0.2) is 6.10 Å². The number of phenols is 1. The van der Waals surface area contributed by atoms with Crippen molar-refractivity contribution in [1.29, 1.82) is 0 Å². The Morgan fingerprint density at radius 1 is 0.900 bits per heavy atom. The summed E-state index contributed by atoms with van der Waals surface area (Å²) in [7, 11) is -5.09. The minimum absolute atomic E-state index is 0.0130. The molecular weight excluding hydrogens is 1130 g/mol. The van der Waals surface area contributed by atoms with Crippen LogP contribution >= 0.6 is 15.9 Å². The van der Waals surface area contributed by atoms with Crippen molar-refractivity contribution in [2.45, 2.75) is 168 Å². The molecule has 25 nitrogen and oxygen atoms in total. The zero-order valence-corrected chi connectivity index (χ0v) is 48.6. The van der Waals surface area contributed by atoms with E-state index in [2.05, 4.69) is 63.1 Å². The molecule has 2 bridgehead atoms. The molecule has 1 fully saturated rings. The van der Waals surface area contributed by atoms with Crippen LogP contribution in [0.15, 0.2) is 39.6 Å². The van der Waals surface area contributed by atoms with Crippen LogP contribution in [0.3, 0.4) is 0 Å². The maximum atomic E-state index is 14.9.